The predicted molar refractivity (Wildman–Crippen MR) is 330 cm³/mol. The number of alkyl carbamates (subject to hydrolysis) is 1. The third kappa shape index (κ3) is 33.3. The van der Waals surface area contributed by atoms with E-state index >= 15 is 0 Å². The number of rotatable bonds is 13. The van der Waals surface area contributed by atoms with E-state index in [2.05, 4.69) is 52.5 Å². The summed E-state index contributed by atoms with van der Waals surface area (Å²) in [5.41, 5.74) is 8.90. The first-order valence-electron chi connectivity index (χ1n) is 28.2. The number of hydrogen-bond acceptors (Lipinski definition) is 17. The van der Waals surface area contributed by atoms with Crippen LogP contribution in [0.5, 0.6) is 0 Å². The average molecular weight is 1420 g/mol. The van der Waals surface area contributed by atoms with Gasteiger partial charge >= 0.3 is 36.7 Å². The van der Waals surface area contributed by atoms with E-state index in [1.165, 1.54) is 47.2 Å². The van der Waals surface area contributed by atoms with Gasteiger partial charge in [-0.05, 0) is 80.3 Å². The van der Waals surface area contributed by atoms with E-state index in [-0.39, 0.29) is 73.5 Å². The second kappa shape index (κ2) is 45.4. The molecule has 6 amide bonds. The van der Waals surface area contributed by atoms with E-state index in [1.807, 2.05) is 69.3 Å². The number of benzene rings is 4. The number of alkyl halides is 5. The van der Waals surface area contributed by atoms with Gasteiger partial charge in [-0.2, -0.15) is 19.2 Å². The van der Waals surface area contributed by atoms with Crippen LogP contribution in [0.25, 0.3) is 4.85 Å². The Bertz CT molecular complexity index is 3030. The van der Waals surface area contributed by atoms with Gasteiger partial charge in [-0.15, -0.1) is 0 Å². The fourth-order valence-electron chi connectivity index (χ4n) is 7.86. The Labute approximate surface area is 552 Å². The smallest absolute Gasteiger partial charge is 0.412 e. The minimum atomic E-state index is -2.87. The van der Waals surface area contributed by atoms with Crippen LogP contribution in [0.3, 0.4) is 0 Å². The number of nitrogen functional groups attached to an aromatic ring is 1. The molecule has 0 bridgehead atoms. The van der Waals surface area contributed by atoms with Crippen molar-refractivity contribution in [3.05, 3.63) is 141 Å². The van der Waals surface area contributed by atoms with Gasteiger partial charge in [-0.3, -0.25) is 29.1 Å². The van der Waals surface area contributed by atoms with Crippen LogP contribution in [0.1, 0.15) is 75.1 Å². The summed E-state index contributed by atoms with van der Waals surface area (Å²) in [5, 5.41) is 7.13. The number of aryl methyl sites for hydroxylation is 2. The summed E-state index contributed by atoms with van der Waals surface area (Å²) in [7, 11) is 0. The standard InChI is InChI=1S/C23H21ClF3N3O4.C7H7Cl.C7H9N.C6H11NO2.C5H5F2N.C5H7NO4.C3H7Br.C3H5NO2.2CO2/c24-18-7-2-1-6-17(18)20(21(32)28-15-11-23(26,27)12-15)30(16-5-3-4-14(25)10-16)19(31)13-29-8-9-34-22(29)33;1-6-4-2-3-5-7(6)8;1-6-3-2-4-7(8)5-6;1-2-3-7-4-5-9-6(7)8;1-8-4-2-5(6,7)3-4;7-4-9-3-6-1-2-10-5(6)8;1-2-3-4;5-3-4-1-2-6-3;2*2-1-3/h1-7,10,15,20H,8-9,11-13H2,(H,28,32);2-5H,1H3;2-5H,8H2,1H3;2-5H2,1H3;4H,2-3H2;4H,1-3H2;2-3H2,1H3;1-2H2,(H,4,5);;. The Balaban J connectivity index is 0.000000597. The first kappa shape index (κ1) is 82.1. The highest BCUT2D eigenvalue weighted by Gasteiger charge is 2.50. The first-order valence-corrected chi connectivity index (χ1v) is 30.1. The van der Waals surface area contributed by atoms with E-state index in [0.29, 0.717) is 39.4 Å². The monoisotopic (exact) mass is 1420 g/mol. The number of nitrogens with one attached hydrogen (secondary N) is 2. The van der Waals surface area contributed by atoms with Crippen molar-refractivity contribution in [3.8, 4) is 0 Å². The van der Waals surface area contributed by atoms with Crippen molar-refractivity contribution >= 4 is 105 Å². The fourth-order valence-corrected chi connectivity index (χ4v) is 8.24. The molecule has 4 N–H and O–H groups in total. The Morgan fingerprint density at radius 2 is 1.30 bits per heavy atom. The lowest BCUT2D eigenvalue weighted by molar-refractivity contribution is -0.193. The summed E-state index contributed by atoms with van der Waals surface area (Å²) in [6.07, 6.45) is -0.331. The number of hydrogen-bond donors (Lipinski definition) is 3. The maximum atomic E-state index is 14.1. The number of nitrogens with two attached hydrogens (primary N) is 1. The zero-order chi connectivity index (χ0) is 69.9. The minimum absolute atomic E-state index is 0.0116. The molecular weight excluding hydrogens is 1350 g/mol. The number of carbonyl (C=O) groups excluding carboxylic acids is 11. The SMILES string of the molecule is CCCBr.CCCN1CCOC1=O.Cc1cccc(N)c1.Cc1ccccc1Cl.O=C(NC1CC(F)(F)C1)C(c1ccccc1Cl)N(C(=O)CN1CCOC1=O)c1cccc(F)c1.O=C1NCCO1.O=C=O.O=C=O.O=COCN1CCOC1=O.[C-]#[N+]C1CC(F)(F)C1. The number of amides is 6. The molecule has 24 nitrogen and oxygen atoms in total. The minimum Gasteiger partial charge on any atom is -0.448 e. The average Bonchev–Trinajstić information content (AvgIpc) is 1.87. The predicted octanol–water partition coefficient (Wildman–Crippen LogP) is 10.6. The van der Waals surface area contributed by atoms with Crippen molar-refractivity contribution in [2.45, 2.75) is 96.2 Å². The lowest BCUT2D eigenvalue weighted by atomic mass is 9.87. The number of anilines is 2. The van der Waals surface area contributed by atoms with Crippen molar-refractivity contribution in [3.63, 3.8) is 0 Å². The summed E-state index contributed by atoms with van der Waals surface area (Å²) in [6, 6.07) is 24.3. The normalized spacial score (nSPS) is 15.8. The van der Waals surface area contributed by atoms with Crippen LogP contribution in [0, 0.1) is 26.2 Å². The second-order valence-electron chi connectivity index (χ2n) is 19.7. The summed E-state index contributed by atoms with van der Waals surface area (Å²) >= 11 is 15.3. The maximum Gasteiger partial charge on any atom is 0.412 e. The largest absolute Gasteiger partial charge is 0.448 e. The maximum absolute atomic E-state index is 14.1. The zero-order valence-corrected chi connectivity index (χ0v) is 54.2. The van der Waals surface area contributed by atoms with Gasteiger partial charge in [0.2, 0.25) is 17.9 Å². The summed E-state index contributed by atoms with van der Waals surface area (Å²) in [4.78, 5) is 120. The Kier molecular flexibility index (Phi) is 40.1. The molecule has 2 aliphatic carbocycles. The molecule has 1 atom stereocenters. The molecule has 0 aromatic heterocycles. The number of ether oxygens (including phenoxy) is 5. The molecule has 32 heteroatoms. The lowest BCUT2D eigenvalue weighted by Crippen LogP contribution is -2.54. The second-order valence-corrected chi connectivity index (χ2v) is 21.3. The molecule has 93 heavy (non-hydrogen) atoms. The highest BCUT2D eigenvalue weighted by atomic mass is 79.9. The van der Waals surface area contributed by atoms with Crippen LogP contribution in [0.4, 0.5) is 52.5 Å². The highest BCUT2D eigenvalue weighted by Crippen LogP contribution is 2.40. The summed E-state index contributed by atoms with van der Waals surface area (Å²) < 4.78 is 87.4. The number of carbonyl (C=O) groups is 7. The molecule has 10 rings (SSSR count). The molecule has 4 aliphatic heterocycles. The van der Waals surface area contributed by atoms with E-state index < -0.39 is 79.2 Å². The van der Waals surface area contributed by atoms with Crippen molar-refractivity contribution in [1.29, 1.82) is 0 Å². The van der Waals surface area contributed by atoms with Crippen LogP contribution in [-0.2, 0) is 57.2 Å². The highest BCUT2D eigenvalue weighted by molar-refractivity contribution is 9.09. The Hall–Kier alpha value is -8.87. The van der Waals surface area contributed by atoms with Crippen LogP contribution in [-0.4, -0.2) is 171 Å². The van der Waals surface area contributed by atoms with Gasteiger partial charge in [-0.25, -0.2) is 47.7 Å². The third-order valence-corrected chi connectivity index (χ3v) is 13.9. The van der Waals surface area contributed by atoms with Crippen LogP contribution < -0.4 is 21.3 Å². The summed E-state index contributed by atoms with van der Waals surface area (Å²) in [5.74, 6) is -7.51. The van der Waals surface area contributed by atoms with E-state index in [4.69, 9.17) is 64.2 Å². The quantitative estimate of drug-likeness (QED) is 0.0280. The Morgan fingerprint density at radius 1 is 0.774 bits per heavy atom. The number of nitrogens with zero attached hydrogens (tertiary/aromatic N) is 5. The molecule has 4 aromatic carbocycles. The van der Waals surface area contributed by atoms with Gasteiger partial charge in [0.15, 0.2) is 6.73 Å². The molecule has 508 valence electrons. The van der Waals surface area contributed by atoms with Gasteiger partial charge in [0.1, 0.15) is 44.8 Å². The van der Waals surface area contributed by atoms with Gasteiger partial charge < -0.3 is 49.8 Å². The van der Waals surface area contributed by atoms with Gasteiger partial charge in [-0.1, -0.05) is 108 Å². The van der Waals surface area contributed by atoms with E-state index in [1.54, 1.807) is 17.0 Å². The molecule has 2 saturated carbocycles. The Morgan fingerprint density at radius 3 is 1.68 bits per heavy atom. The van der Waals surface area contributed by atoms with Gasteiger partial charge in [0, 0.05) is 57.7 Å². The lowest BCUT2D eigenvalue weighted by Gasteiger charge is -2.38. The third-order valence-electron chi connectivity index (χ3n) is 12.3. The molecule has 4 saturated heterocycles. The van der Waals surface area contributed by atoms with Crippen LogP contribution >= 0.6 is 39.1 Å². The summed E-state index contributed by atoms with van der Waals surface area (Å²) in [6.45, 7) is 18.9. The molecule has 1 unspecified atom stereocenters. The van der Waals surface area contributed by atoms with E-state index in [9.17, 15) is 55.5 Å². The fraction of sp³-hybridized carbons (Fsp3) is 0.443. The van der Waals surface area contributed by atoms with Gasteiger partial charge in [0.25, 0.3) is 18.3 Å². The van der Waals surface area contributed by atoms with Crippen LogP contribution in [0.15, 0.2) is 97.1 Å². The van der Waals surface area contributed by atoms with Crippen molar-refractivity contribution in [1.82, 2.24) is 25.3 Å². The van der Waals surface area contributed by atoms with Crippen molar-refractivity contribution < 1.29 is 98.4 Å². The molecular formula is C61H72BrCl2F5N8O16. The van der Waals surface area contributed by atoms with Crippen LogP contribution in [0.2, 0.25) is 10.0 Å². The topological polar surface area (TPSA) is 301 Å². The number of halogens is 8. The number of cyclic esters (lactones) is 4. The zero-order valence-electron chi connectivity index (χ0n) is 51.1. The van der Waals surface area contributed by atoms with Crippen molar-refractivity contribution in [2.24, 2.45) is 0 Å². The molecule has 4 heterocycles. The van der Waals surface area contributed by atoms with Crippen molar-refractivity contribution in [2.75, 3.05) is 88.4 Å². The molecule has 6 aliphatic rings. The van der Waals surface area contributed by atoms with E-state index in [0.717, 1.165) is 57.0 Å². The molecule has 6 fully saturated rings. The molecule has 0 radical (unpaired) electrons. The molecule has 4 aromatic rings. The first-order chi connectivity index (χ1) is 44.2. The molecule has 0 spiro atoms. The van der Waals surface area contributed by atoms with Gasteiger partial charge in [0.05, 0.1) is 39.0 Å².